The molecule has 0 saturated carbocycles. The average Bonchev–Trinajstić information content (AvgIpc) is 2.76. The van der Waals surface area contributed by atoms with Crippen molar-refractivity contribution < 1.29 is 0 Å². The highest BCUT2D eigenvalue weighted by Gasteiger charge is 2.07. The number of nitrogens with zero attached hydrogens (tertiary/aromatic N) is 2. The minimum Gasteiger partial charge on any atom is -0.361 e. The lowest BCUT2D eigenvalue weighted by Crippen LogP contribution is -2.25. The molecule has 0 aliphatic heterocycles. The number of rotatable bonds is 5. The molecule has 2 rings (SSSR count). The average molecular weight is 277 g/mol. The Kier molecular flexibility index (Phi) is 4.37. The van der Waals surface area contributed by atoms with Crippen molar-refractivity contribution in [3.05, 3.63) is 44.6 Å². The van der Waals surface area contributed by atoms with Crippen LogP contribution in [0.2, 0.25) is 0 Å². The van der Waals surface area contributed by atoms with Gasteiger partial charge in [-0.3, -0.25) is 4.79 Å². The number of hydrogen-bond donors (Lipinski definition) is 1. The lowest BCUT2D eigenvalue weighted by molar-refractivity contribution is 0.509. The Hall–Kier alpha value is -1.62. The Bertz CT molecular complexity index is 601. The molecule has 5 heteroatoms. The van der Waals surface area contributed by atoms with E-state index in [1.807, 2.05) is 0 Å². The van der Waals surface area contributed by atoms with Crippen LogP contribution >= 0.6 is 11.3 Å². The van der Waals surface area contributed by atoms with E-state index in [2.05, 4.69) is 42.5 Å². The lowest BCUT2D eigenvalue weighted by atomic mass is 10.2. The number of hydrogen-bond acceptors (Lipinski definition) is 4. The van der Waals surface area contributed by atoms with Crippen LogP contribution in [0.5, 0.6) is 0 Å². The maximum Gasteiger partial charge on any atom is 0.293 e. The van der Waals surface area contributed by atoms with Gasteiger partial charge in [0.05, 0.1) is 6.54 Å². The topological polar surface area (TPSA) is 46.9 Å². The molecule has 0 fully saturated rings. The molecule has 19 heavy (non-hydrogen) atoms. The normalized spacial score (nSPS) is 10.9. The molecule has 0 unspecified atom stereocenters. The van der Waals surface area contributed by atoms with Crippen LogP contribution in [0.25, 0.3) is 0 Å². The van der Waals surface area contributed by atoms with Gasteiger partial charge in [0, 0.05) is 23.8 Å². The zero-order valence-electron chi connectivity index (χ0n) is 11.5. The Morgan fingerprint density at radius 1 is 1.47 bits per heavy atom. The number of nitrogens with one attached hydrogen (secondary N) is 1. The van der Waals surface area contributed by atoms with Crippen molar-refractivity contribution in [3.63, 3.8) is 0 Å². The summed E-state index contributed by atoms with van der Waals surface area (Å²) in [6.45, 7) is 7.62. The first-order valence-corrected chi connectivity index (χ1v) is 7.28. The van der Waals surface area contributed by atoms with Crippen LogP contribution in [0.4, 0.5) is 5.82 Å². The summed E-state index contributed by atoms with van der Waals surface area (Å²) in [6, 6.07) is 2.08. The van der Waals surface area contributed by atoms with Gasteiger partial charge in [0.2, 0.25) is 0 Å². The van der Waals surface area contributed by atoms with Gasteiger partial charge in [-0.05, 0) is 29.9 Å². The third-order valence-electron chi connectivity index (χ3n) is 2.86. The largest absolute Gasteiger partial charge is 0.361 e. The molecule has 0 spiro atoms. The monoisotopic (exact) mass is 277 g/mol. The molecule has 2 aromatic heterocycles. The van der Waals surface area contributed by atoms with Gasteiger partial charge >= 0.3 is 0 Å². The van der Waals surface area contributed by atoms with Crippen molar-refractivity contribution in [1.82, 2.24) is 9.55 Å². The maximum absolute atomic E-state index is 12.2. The van der Waals surface area contributed by atoms with Crippen LogP contribution < -0.4 is 10.9 Å². The van der Waals surface area contributed by atoms with Gasteiger partial charge in [0.25, 0.3) is 5.56 Å². The van der Waals surface area contributed by atoms with Gasteiger partial charge in [-0.2, -0.15) is 0 Å². The van der Waals surface area contributed by atoms with E-state index in [0.29, 0.717) is 24.8 Å². The van der Waals surface area contributed by atoms with Gasteiger partial charge < -0.3 is 9.88 Å². The van der Waals surface area contributed by atoms with E-state index in [0.717, 1.165) is 0 Å². The minimum absolute atomic E-state index is 0.0505. The van der Waals surface area contributed by atoms with Crippen LogP contribution in [0.15, 0.2) is 28.6 Å². The minimum atomic E-state index is -0.0505. The summed E-state index contributed by atoms with van der Waals surface area (Å²) in [5, 5.41) is 5.19. The van der Waals surface area contributed by atoms with E-state index in [1.54, 1.807) is 28.3 Å². The fourth-order valence-electron chi connectivity index (χ4n) is 1.85. The predicted molar refractivity (Wildman–Crippen MR) is 79.7 cm³/mol. The number of aromatic nitrogens is 2. The second-order valence-corrected chi connectivity index (χ2v) is 6.01. The molecule has 1 N–H and O–H groups in total. The van der Waals surface area contributed by atoms with Gasteiger partial charge in [-0.1, -0.05) is 13.8 Å². The van der Waals surface area contributed by atoms with E-state index >= 15 is 0 Å². The van der Waals surface area contributed by atoms with Gasteiger partial charge in [-0.25, -0.2) is 4.98 Å². The molecule has 0 amide bonds. The highest BCUT2D eigenvalue weighted by Crippen LogP contribution is 2.16. The standard InChI is InChI=1S/C14H19N3OS/c1-10(2)9-17-6-5-15-13(14(17)18)16-8-12-11(3)4-7-19-12/h4-7,10H,8-9H2,1-3H3,(H,15,16). The van der Waals surface area contributed by atoms with Crippen molar-refractivity contribution in [1.29, 1.82) is 0 Å². The van der Waals surface area contributed by atoms with Gasteiger partial charge in [0.15, 0.2) is 5.82 Å². The molecule has 4 nitrogen and oxygen atoms in total. The number of aryl methyl sites for hydroxylation is 1. The summed E-state index contributed by atoms with van der Waals surface area (Å²) in [5.41, 5.74) is 1.20. The summed E-state index contributed by atoms with van der Waals surface area (Å²) in [4.78, 5) is 17.6. The molecular formula is C14H19N3OS. The summed E-state index contributed by atoms with van der Waals surface area (Å²) >= 11 is 1.69. The molecule has 102 valence electrons. The molecule has 0 bridgehead atoms. The van der Waals surface area contributed by atoms with E-state index in [-0.39, 0.29) is 5.56 Å². The third-order valence-corrected chi connectivity index (χ3v) is 3.88. The Labute approximate surface area is 117 Å². The van der Waals surface area contributed by atoms with Crippen molar-refractivity contribution in [2.45, 2.75) is 33.9 Å². The van der Waals surface area contributed by atoms with E-state index in [9.17, 15) is 4.79 Å². The van der Waals surface area contributed by atoms with Crippen molar-refractivity contribution in [2.75, 3.05) is 5.32 Å². The quantitative estimate of drug-likeness (QED) is 0.914. The molecule has 0 saturated heterocycles. The van der Waals surface area contributed by atoms with Crippen LogP contribution in [0.3, 0.4) is 0 Å². The molecule has 0 atom stereocenters. The highest BCUT2D eigenvalue weighted by molar-refractivity contribution is 7.10. The van der Waals surface area contributed by atoms with E-state index < -0.39 is 0 Å². The molecule has 0 aliphatic rings. The van der Waals surface area contributed by atoms with Gasteiger partial charge in [-0.15, -0.1) is 11.3 Å². The Balaban J connectivity index is 2.13. The summed E-state index contributed by atoms with van der Waals surface area (Å²) in [7, 11) is 0. The summed E-state index contributed by atoms with van der Waals surface area (Å²) in [5.74, 6) is 0.864. The first kappa shape index (κ1) is 13.8. The number of anilines is 1. The van der Waals surface area contributed by atoms with Gasteiger partial charge in [0.1, 0.15) is 0 Å². The molecule has 2 heterocycles. The van der Waals surface area contributed by atoms with Crippen molar-refractivity contribution in [2.24, 2.45) is 5.92 Å². The second-order valence-electron chi connectivity index (χ2n) is 5.01. The van der Waals surface area contributed by atoms with Crippen molar-refractivity contribution in [3.8, 4) is 0 Å². The Morgan fingerprint density at radius 2 is 2.26 bits per heavy atom. The predicted octanol–water partition coefficient (Wildman–Crippen LogP) is 2.88. The highest BCUT2D eigenvalue weighted by atomic mass is 32.1. The SMILES string of the molecule is Cc1ccsc1CNc1nccn(CC(C)C)c1=O. The smallest absolute Gasteiger partial charge is 0.293 e. The van der Waals surface area contributed by atoms with Crippen LogP contribution in [0, 0.1) is 12.8 Å². The molecule has 0 aliphatic carbocycles. The first-order valence-electron chi connectivity index (χ1n) is 6.40. The first-order chi connectivity index (χ1) is 9.08. The summed E-state index contributed by atoms with van der Waals surface area (Å²) < 4.78 is 1.71. The van der Waals surface area contributed by atoms with E-state index in [1.165, 1.54) is 10.4 Å². The number of thiophene rings is 1. The zero-order valence-corrected chi connectivity index (χ0v) is 12.3. The Morgan fingerprint density at radius 3 is 2.89 bits per heavy atom. The third kappa shape index (κ3) is 3.44. The van der Waals surface area contributed by atoms with Crippen LogP contribution in [0.1, 0.15) is 24.3 Å². The maximum atomic E-state index is 12.2. The molecule has 0 aromatic carbocycles. The fraction of sp³-hybridized carbons (Fsp3) is 0.429. The molecule has 2 aromatic rings. The zero-order chi connectivity index (χ0) is 13.8. The van der Waals surface area contributed by atoms with E-state index in [4.69, 9.17) is 0 Å². The van der Waals surface area contributed by atoms with Crippen LogP contribution in [-0.2, 0) is 13.1 Å². The molecular weight excluding hydrogens is 258 g/mol. The molecule has 0 radical (unpaired) electrons. The second kappa shape index (κ2) is 6.02. The fourth-order valence-corrected chi connectivity index (χ4v) is 2.70. The van der Waals surface area contributed by atoms with Crippen LogP contribution in [-0.4, -0.2) is 9.55 Å². The van der Waals surface area contributed by atoms with Crippen molar-refractivity contribution >= 4 is 17.2 Å². The summed E-state index contributed by atoms with van der Waals surface area (Å²) in [6.07, 6.45) is 3.41. The lowest BCUT2D eigenvalue weighted by Gasteiger charge is -2.10.